The number of nitrogens with zero attached hydrogens (tertiary/aromatic N) is 21. The predicted octanol–water partition coefficient (Wildman–Crippen LogP) is 13.5. The van der Waals surface area contributed by atoms with Crippen molar-refractivity contribution in [2.75, 3.05) is 0 Å². The maximum absolute atomic E-state index is 7.80. The minimum Gasteiger partial charge on any atom is -0.256 e. The van der Waals surface area contributed by atoms with Gasteiger partial charge in [-0.2, -0.15) is 37.4 Å². The fourth-order valence-electron chi connectivity index (χ4n) is 14.3. The van der Waals surface area contributed by atoms with E-state index in [4.69, 9.17) is 23.1 Å². The van der Waals surface area contributed by atoms with Crippen LogP contribution >= 0.6 is 22.7 Å². The fourth-order valence-corrected chi connectivity index (χ4v) is 16.5. The number of imidazole rings is 8. The van der Waals surface area contributed by atoms with E-state index in [0.29, 0.717) is 17.2 Å². The van der Waals surface area contributed by atoms with E-state index in [1.165, 1.54) is 51.9 Å². The van der Waals surface area contributed by atoms with E-state index in [-0.39, 0.29) is 0 Å². The smallest absolute Gasteiger partial charge is 0.254 e. The molecule has 0 fully saturated rings. The zero-order valence-corrected chi connectivity index (χ0v) is 62.4. The lowest BCUT2D eigenvalue weighted by molar-refractivity contribution is -0.670. The van der Waals surface area contributed by atoms with Crippen LogP contribution in [0.25, 0.3) is 141 Å². The Morgan fingerprint density at radius 1 is 0.364 bits per heavy atom. The second-order valence-corrected chi connectivity index (χ2v) is 29.1. The van der Waals surface area contributed by atoms with Crippen LogP contribution < -0.4 is 36.2 Å². The highest BCUT2D eigenvalue weighted by Crippen LogP contribution is 2.38. The molecule has 528 valence electrons. The number of para-hydroxylation sites is 4. The second-order valence-electron chi connectivity index (χ2n) is 27.0. The van der Waals surface area contributed by atoms with E-state index in [2.05, 4.69) is 253 Å². The molecule has 0 saturated carbocycles. The van der Waals surface area contributed by atoms with E-state index in [0.717, 1.165) is 73.4 Å². The molecule has 23 heteroatoms. The van der Waals surface area contributed by atoms with Gasteiger partial charge in [-0.05, 0) is 97.1 Å². The van der Waals surface area contributed by atoms with Gasteiger partial charge < -0.3 is 0 Å². The summed E-state index contributed by atoms with van der Waals surface area (Å²) in [6, 6.07) is 72.2. The van der Waals surface area contributed by atoms with Gasteiger partial charge in [0, 0.05) is 43.9 Å². The first kappa shape index (κ1) is 67.2. The van der Waals surface area contributed by atoms with E-state index in [9.17, 15) is 0 Å². The van der Waals surface area contributed by atoms with Gasteiger partial charge in [0.2, 0.25) is 59.3 Å². The number of thiophene rings is 2. The van der Waals surface area contributed by atoms with Crippen molar-refractivity contribution < 1.29 is 36.2 Å². The van der Waals surface area contributed by atoms with Crippen molar-refractivity contribution in [2.45, 2.75) is 0 Å². The van der Waals surface area contributed by atoms with Gasteiger partial charge in [-0.25, -0.2) is 55.0 Å². The summed E-state index contributed by atoms with van der Waals surface area (Å²) in [6.07, 6.45) is 36.3. The minimum absolute atomic E-state index is 0.614. The first-order valence-corrected chi connectivity index (χ1v) is 37.1. The molecule has 0 unspecified atom stereocenters. The maximum atomic E-state index is 7.80. The van der Waals surface area contributed by atoms with Crippen LogP contribution in [0.4, 0.5) is 11.4 Å². The molecule has 0 bridgehead atoms. The lowest BCUT2D eigenvalue weighted by Gasteiger charge is -2.04. The van der Waals surface area contributed by atoms with Crippen LogP contribution in [-0.2, 0) is 42.3 Å². The van der Waals surface area contributed by atoms with Crippen LogP contribution in [-0.4, -0.2) is 51.5 Å². The standard InChI is InChI=1S/C27H19N5S2.C21H19N5.C21H15N5.C18H18N6/c1-28-17-12-18(31-15-29(2)26-24(31)20-8-4-6-10-22(20)33-26)14-19(13-17)32-16-30(3)27-25(32)21-9-5-7-11-23(21)34-27;1-23-14-25(20-9-5-3-7-18(20)23)16-11-17(13-22-12-16)26-15-24(2)19-8-4-6-10-21(19)26;1-22-17-10-20(25-13-18-6-2-4-8-23(18)15-25)12-21(11-17)26-14-19-7-3-5-9-24(19)16-26;1-21-8-10-23(13-21)16-12-17(24-11-9-22(2)14-24)20-18(19-16)15-6-4-3-5-7-15/h4-16H,2-3H3;3-15H,1-2H3;2-16H;3-14H,1-2H3/q4*+2. The Morgan fingerprint density at radius 3 is 1.25 bits per heavy atom. The van der Waals surface area contributed by atoms with Crippen LogP contribution in [0, 0.1) is 13.1 Å². The summed E-state index contributed by atoms with van der Waals surface area (Å²) in [7, 11) is 12.3. The lowest BCUT2D eigenvalue weighted by atomic mass is 10.2. The van der Waals surface area contributed by atoms with Gasteiger partial charge in [0.15, 0.2) is 72.7 Å². The van der Waals surface area contributed by atoms with E-state index in [1.54, 1.807) is 22.7 Å². The van der Waals surface area contributed by atoms with Crippen LogP contribution in [0.5, 0.6) is 0 Å². The van der Waals surface area contributed by atoms with Gasteiger partial charge in [0.1, 0.15) is 59.9 Å². The second kappa shape index (κ2) is 28.0. The molecule has 0 aliphatic carbocycles. The number of aryl methyl sites for hydroxylation is 6. The Bertz CT molecular complexity index is 6750. The number of benzene rings is 7. The Kier molecular flexibility index (Phi) is 17.1. The zero-order chi connectivity index (χ0) is 74.7. The van der Waals surface area contributed by atoms with Crippen molar-refractivity contribution in [1.82, 2.24) is 51.5 Å². The van der Waals surface area contributed by atoms with Crippen molar-refractivity contribution >= 4 is 108 Å². The quantitative estimate of drug-likeness (QED) is 0.106. The molecule has 21 aromatic rings. The topological polar surface area (TPSA) is 118 Å². The molecule has 0 aliphatic rings. The Morgan fingerprint density at radius 2 is 0.782 bits per heavy atom. The summed E-state index contributed by atoms with van der Waals surface area (Å²) in [5.41, 5.74) is 17.5. The third kappa shape index (κ3) is 12.6. The largest absolute Gasteiger partial charge is 0.256 e. The van der Waals surface area contributed by atoms with Gasteiger partial charge in [-0.1, -0.05) is 114 Å². The van der Waals surface area contributed by atoms with Crippen molar-refractivity contribution in [3.8, 4) is 57.1 Å². The van der Waals surface area contributed by atoms with Gasteiger partial charge in [0.05, 0.1) is 86.3 Å². The van der Waals surface area contributed by atoms with Crippen molar-refractivity contribution in [3.63, 3.8) is 0 Å². The van der Waals surface area contributed by atoms with E-state index in [1.807, 2.05) is 201 Å². The minimum atomic E-state index is 0.614. The molecule has 0 radical (unpaired) electrons. The summed E-state index contributed by atoms with van der Waals surface area (Å²) in [6.45, 7) is 15.3. The first-order chi connectivity index (χ1) is 53.8. The molecule has 14 aromatic heterocycles. The van der Waals surface area contributed by atoms with Gasteiger partial charge in [0.25, 0.3) is 12.7 Å². The maximum Gasteiger partial charge on any atom is 0.254 e. The average molecular weight is 1470 g/mol. The molecule has 14 heterocycles. The molecule has 7 aromatic carbocycles. The number of aromatic nitrogens is 19. The lowest BCUT2D eigenvalue weighted by Crippen LogP contribution is -2.25. The summed E-state index contributed by atoms with van der Waals surface area (Å²) >= 11 is 3.59. The van der Waals surface area contributed by atoms with Crippen LogP contribution in [0.2, 0.25) is 0 Å². The summed E-state index contributed by atoms with van der Waals surface area (Å²) < 4.78 is 36.1. The Hall–Kier alpha value is -14.7. The van der Waals surface area contributed by atoms with E-state index >= 15 is 0 Å². The third-order valence-corrected chi connectivity index (χ3v) is 22.1. The van der Waals surface area contributed by atoms with Gasteiger partial charge in [-0.3, -0.25) is 4.98 Å². The Labute approximate surface area is 638 Å². The monoisotopic (exact) mass is 1470 g/mol. The van der Waals surface area contributed by atoms with Crippen LogP contribution in [0.15, 0.2) is 325 Å². The number of hydrogen-bond acceptors (Lipinski definition) is 5. The molecular weight excluding hydrogens is 1400 g/mol. The number of hydrogen-bond donors (Lipinski definition) is 0. The average Bonchev–Trinajstić information content (AvgIpc) is 1.58. The molecule has 0 amide bonds. The molecule has 0 spiro atoms. The molecule has 21 rings (SSSR count). The molecule has 110 heavy (non-hydrogen) atoms. The van der Waals surface area contributed by atoms with Gasteiger partial charge >= 0.3 is 0 Å². The van der Waals surface area contributed by atoms with Gasteiger partial charge in [-0.15, -0.1) is 0 Å². The van der Waals surface area contributed by atoms with Crippen LogP contribution in [0.1, 0.15) is 0 Å². The molecule has 0 N–H and O–H groups in total. The highest BCUT2D eigenvalue weighted by molar-refractivity contribution is 7.25. The third-order valence-electron chi connectivity index (χ3n) is 19.6. The summed E-state index contributed by atoms with van der Waals surface area (Å²) in [5, 5.41) is 2.47. The van der Waals surface area contributed by atoms with Crippen molar-refractivity contribution in [2.24, 2.45) is 42.3 Å². The van der Waals surface area contributed by atoms with E-state index < -0.39 is 0 Å². The molecular formula is C87H71N21S2+8. The molecule has 0 aliphatic heterocycles. The zero-order valence-electron chi connectivity index (χ0n) is 60.8. The van der Waals surface area contributed by atoms with Crippen LogP contribution in [0.3, 0.4) is 0 Å². The van der Waals surface area contributed by atoms with Crippen molar-refractivity contribution in [1.29, 1.82) is 0 Å². The number of fused-ring (bicyclic) bond motifs is 10. The van der Waals surface area contributed by atoms with Crippen molar-refractivity contribution in [3.05, 3.63) is 348 Å². The summed E-state index contributed by atoms with van der Waals surface area (Å²) in [5.74, 6) is 2.36. The Balaban J connectivity index is 0.000000104. The molecule has 21 nitrogen and oxygen atoms in total. The predicted molar refractivity (Wildman–Crippen MR) is 426 cm³/mol. The SMILES string of the molecule is C[n+]1ccn(-c2cc(-n3cc[n+](C)c3)nc(-c3ccccc3)n2)c1.C[n+]1cn(-c2cncc(-n3c[n+](C)c4ccccc43)c2)c2ccccc21.[C-]#[N+]c1cc(-n2c[n+](C)c3sc4ccccc4c32)cc(-n2c[n+](C)c3sc4ccccc4c32)c1.[C-]#[N+]c1cc(-n2cc3cccc[n+]3c2)cc(-n2cc3cccc[n+]3c2)c1. The molecule has 0 atom stereocenters. The number of pyridine rings is 3. The highest BCUT2D eigenvalue weighted by atomic mass is 32.1. The number of rotatable bonds is 9. The summed E-state index contributed by atoms with van der Waals surface area (Å²) in [4.78, 5) is 23.9. The fraction of sp³-hybridized carbons (Fsp3) is 0.0690. The highest BCUT2D eigenvalue weighted by Gasteiger charge is 2.27. The first-order valence-electron chi connectivity index (χ1n) is 35.5. The molecule has 0 saturated heterocycles. The normalized spacial score (nSPS) is 11.3.